The second-order valence-corrected chi connectivity index (χ2v) is 5.87. The molecule has 5 heteroatoms. The number of carbonyl (C=O) groups excluding carboxylic acids is 2. The van der Waals surface area contributed by atoms with Gasteiger partial charge < -0.3 is 14.8 Å². The van der Waals surface area contributed by atoms with Gasteiger partial charge in [-0.1, -0.05) is 30.3 Å². The summed E-state index contributed by atoms with van der Waals surface area (Å²) in [6.45, 7) is 3.64. The van der Waals surface area contributed by atoms with Gasteiger partial charge in [0.05, 0.1) is 7.11 Å². The Morgan fingerprint density at radius 2 is 1.62 bits per heavy atom. The molecule has 0 heterocycles. The van der Waals surface area contributed by atoms with Crippen LogP contribution in [0.1, 0.15) is 29.8 Å². The van der Waals surface area contributed by atoms with Gasteiger partial charge in [-0.05, 0) is 43.7 Å². The molecule has 0 saturated carbocycles. The second kappa shape index (κ2) is 7.64. The molecule has 24 heavy (non-hydrogen) atoms. The molecule has 0 radical (unpaired) electrons. The average Bonchev–Trinajstić information content (AvgIpc) is 2.60. The molecule has 0 aliphatic rings. The predicted molar refractivity (Wildman–Crippen MR) is 90.8 cm³/mol. The first-order valence-corrected chi connectivity index (χ1v) is 7.60. The van der Waals surface area contributed by atoms with Crippen molar-refractivity contribution < 1.29 is 19.1 Å². The highest BCUT2D eigenvalue weighted by atomic mass is 16.5. The Hall–Kier alpha value is -2.82. The largest absolute Gasteiger partial charge is 0.489 e. The van der Waals surface area contributed by atoms with Gasteiger partial charge in [0, 0.05) is 5.56 Å². The standard InChI is InChI=1S/C19H21NO4/c1-19(2,18(22)23-3)20-17(21)15-9-11-16(12-10-15)24-13-14-7-5-4-6-8-14/h4-12H,13H2,1-3H3,(H,20,21). The number of hydrogen-bond donors (Lipinski definition) is 1. The third-order valence-electron chi connectivity index (χ3n) is 3.49. The first kappa shape index (κ1) is 17.5. The Bertz CT molecular complexity index is 693. The molecule has 5 nitrogen and oxygen atoms in total. The van der Waals surface area contributed by atoms with Crippen LogP contribution in [-0.4, -0.2) is 24.5 Å². The van der Waals surface area contributed by atoms with Crippen molar-refractivity contribution >= 4 is 11.9 Å². The minimum atomic E-state index is -1.09. The monoisotopic (exact) mass is 327 g/mol. The van der Waals surface area contributed by atoms with Crippen molar-refractivity contribution in [2.75, 3.05) is 7.11 Å². The van der Waals surface area contributed by atoms with E-state index in [2.05, 4.69) is 10.1 Å². The van der Waals surface area contributed by atoms with Crippen LogP contribution in [0.3, 0.4) is 0 Å². The lowest BCUT2D eigenvalue weighted by Crippen LogP contribution is -2.50. The lowest BCUT2D eigenvalue weighted by molar-refractivity contribution is -0.146. The topological polar surface area (TPSA) is 64.6 Å². The number of benzene rings is 2. The van der Waals surface area contributed by atoms with Crippen molar-refractivity contribution in [2.45, 2.75) is 26.0 Å². The SMILES string of the molecule is COC(=O)C(C)(C)NC(=O)c1ccc(OCc2ccccc2)cc1. The fraction of sp³-hybridized carbons (Fsp3) is 0.263. The maximum Gasteiger partial charge on any atom is 0.330 e. The molecule has 2 aromatic carbocycles. The van der Waals surface area contributed by atoms with E-state index in [0.717, 1.165) is 5.56 Å². The molecule has 0 atom stereocenters. The van der Waals surface area contributed by atoms with E-state index in [1.54, 1.807) is 38.1 Å². The van der Waals surface area contributed by atoms with Crippen molar-refractivity contribution in [3.8, 4) is 5.75 Å². The third-order valence-corrected chi connectivity index (χ3v) is 3.49. The lowest BCUT2D eigenvalue weighted by Gasteiger charge is -2.23. The summed E-state index contributed by atoms with van der Waals surface area (Å²) in [7, 11) is 1.29. The van der Waals surface area contributed by atoms with E-state index in [9.17, 15) is 9.59 Å². The van der Waals surface area contributed by atoms with Gasteiger partial charge in [-0.25, -0.2) is 4.79 Å². The molecule has 1 N–H and O–H groups in total. The number of esters is 1. The van der Waals surface area contributed by atoms with Crippen molar-refractivity contribution in [3.05, 3.63) is 65.7 Å². The van der Waals surface area contributed by atoms with Gasteiger partial charge >= 0.3 is 5.97 Å². The summed E-state index contributed by atoms with van der Waals surface area (Å²) < 4.78 is 10.3. The Labute approximate surface area is 141 Å². The van der Waals surface area contributed by atoms with E-state index in [-0.39, 0.29) is 5.91 Å². The maximum absolute atomic E-state index is 12.2. The van der Waals surface area contributed by atoms with E-state index >= 15 is 0 Å². The molecule has 0 aliphatic heterocycles. The molecular weight excluding hydrogens is 306 g/mol. The van der Waals surface area contributed by atoms with Gasteiger partial charge in [0.1, 0.15) is 17.9 Å². The van der Waals surface area contributed by atoms with Crippen LogP contribution in [0.5, 0.6) is 5.75 Å². The van der Waals surface area contributed by atoms with Gasteiger partial charge in [0.25, 0.3) is 5.91 Å². The summed E-state index contributed by atoms with van der Waals surface area (Å²) in [6.07, 6.45) is 0. The summed E-state index contributed by atoms with van der Waals surface area (Å²) in [4.78, 5) is 23.8. The van der Waals surface area contributed by atoms with Gasteiger partial charge in [-0.3, -0.25) is 4.79 Å². The van der Waals surface area contributed by atoms with Crippen molar-refractivity contribution in [3.63, 3.8) is 0 Å². The van der Waals surface area contributed by atoms with Gasteiger partial charge in [0.15, 0.2) is 0 Å². The molecule has 1 amide bonds. The Balaban J connectivity index is 1.96. The molecule has 0 fully saturated rings. The van der Waals surface area contributed by atoms with Crippen molar-refractivity contribution in [1.29, 1.82) is 0 Å². The summed E-state index contributed by atoms with van der Waals surface area (Å²) >= 11 is 0. The normalized spacial score (nSPS) is 10.8. The van der Waals surface area contributed by atoms with E-state index in [4.69, 9.17) is 4.74 Å². The summed E-state index contributed by atoms with van der Waals surface area (Å²) in [5, 5.41) is 2.65. The minimum Gasteiger partial charge on any atom is -0.489 e. The predicted octanol–water partition coefficient (Wildman–Crippen LogP) is 2.95. The first-order valence-electron chi connectivity index (χ1n) is 7.60. The number of nitrogens with one attached hydrogen (secondary N) is 1. The van der Waals surface area contributed by atoms with E-state index in [1.165, 1.54) is 7.11 Å². The fourth-order valence-electron chi connectivity index (χ4n) is 2.11. The van der Waals surface area contributed by atoms with Crippen LogP contribution in [0.25, 0.3) is 0 Å². The van der Waals surface area contributed by atoms with Crippen LogP contribution in [0.15, 0.2) is 54.6 Å². The number of carbonyl (C=O) groups is 2. The molecule has 0 bridgehead atoms. The summed E-state index contributed by atoms with van der Waals surface area (Å²) in [5.41, 5.74) is 0.423. The Kier molecular flexibility index (Phi) is 5.58. The third kappa shape index (κ3) is 4.59. The van der Waals surface area contributed by atoms with Crippen LogP contribution in [0, 0.1) is 0 Å². The zero-order valence-corrected chi connectivity index (χ0v) is 14.0. The number of amides is 1. The molecule has 0 unspecified atom stereocenters. The van der Waals surface area contributed by atoms with Crippen LogP contribution < -0.4 is 10.1 Å². The highest BCUT2D eigenvalue weighted by Gasteiger charge is 2.30. The molecule has 0 saturated heterocycles. The molecule has 0 aromatic heterocycles. The number of rotatable bonds is 6. The molecule has 2 rings (SSSR count). The lowest BCUT2D eigenvalue weighted by atomic mass is 10.1. The molecule has 2 aromatic rings. The summed E-state index contributed by atoms with van der Waals surface area (Å²) in [6, 6.07) is 16.6. The average molecular weight is 327 g/mol. The van der Waals surface area contributed by atoms with Crippen LogP contribution in [-0.2, 0) is 16.1 Å². The zero-order valence-electron chi connectivity index (χ0n) is 14.0. The first-order chi connectivity index (χ1) is 11.4. The van der Waals surface area contributed by atoms with Gasteiger partial charge in [-0.2, -0.15) is 0 Å². The molecule has 126 valence electrons. The molecule has 0 aliphatic carbocycles. The van der Waals surface area contributed by atoms with Crippen LogP contribution in [0.2, 0.25) is 0 Å². The Morgan fingerprint density at radius 3 is 2.21 bits per heavy atom. The highest BCUT2D eigenvalue weighted by Crippen LogP contribution is 2.15. The maximum atomic E-state index is 12.2. The van der Waals surface area contributed by atoms with E-state index < -0.39 is 11.5 Å². The number of hydrogen-bond acceptors (Lipinski definition) is 4. The zero-order chi connectivity index (χ0) is 17.6. The smallest absolute Gasteiger partial charge is 0.330 e. The van der Waals surface area contributed by atoms with E-state index in [0.29, 0.717) is 17.9 Å². The number of ether oxygens (including phenoxy) is 2. The van der Waals surface area contributed by atoms with Crippen LogP contribution in [0.4, 0.5) is 0 Å². The van der Waals surface area contributed by atoms with Gasteiger partial charge in [0.2, 0.25) is 0 Å². The minimum absolute atomic E-state index is 0.347. The molecular formula is C19H21NO4. The summed E-state index contributed by atoms with van der Waals surface area (Å²) in [5.74, 6) is -0.179. The van der Waals surface area contributed by atoms with E-state index in [1.807, 2.05) is 30.3 Å². The quantitative estimate of drug-likeness (QED) is 0.829. The highest BCUT2D eigenvalue weighted by molar-refractivity contribution is 5.97. The van der Waals surface area contributed by atoms with Gasteiger partial charge in [-0.15, -0.1) is 0 Å². The number of methoxy groups -OCH3 is 1. The van der Waals surface area contributed by atoms with Crippen molar-refractivity contribution in [1.82, 2.24) is 5.32 Å². The van der Waals surface area contributed by atoms with Crippen LogP contribution >= 0.6 is 0 Å². The van der Waals surface area contributed by atoms with Crippen molar-refractivity contribution in [2.24, 2.45) is 0 Å². The second-order valence-electron chi connectivity index (χ2n) is 5.87. The Morgan fingerprint density at radius 1 is 1.00 bits per heavy atom. The molecule has 0 spiro atoms. The fourth-order valence-corrected chi connectivity index (χ4v) is 2.11.